The number of aromatic nitrogens is 1. The maximum atomic E-state index is 13.8. The number of halogens is 1. The van der Waals surface area contributed by atoms with E-state index in [1.165, 1.54) is 11.6 Å². The molecule has 2 aromatic rings. The van der Waals surface area contributed by atoms with Gasteiger partial charge in [-0.3, -0.25) is 14.7 Å². The van der Waals surface area contributed by atoms with E-state index >= 15 is 0 Å². The molecule has 0 saturated carbocycles. The van der Waals surface area contributed by atoms with E-state index in [4.69, 9.17) is 4.74 Å². The number of nitrogens with zero attached hydrogens (tertiary/aromatic N) is 3. The Balaban J connectivity index is 1.36. The molecule has 2 fully saturated rings. The van der Waals surface area contributed by atoms with Gasteiger partial charge in [-0.25, -0.2) is 4.39 Å². The van der Waals surface area contributed by atoms with Crippen molar-refractivity contribution in [1.82, 2.24) is 14.8 Å². The van der Waals surface area contributed by atoms with Crippen molar-refractivity contribution in [2.45, 2.75) is 31.5 Å². The Kier molecular flexibility index (Phi) is 5.45. The highest BCUT2D eigenvalue weighted by Crippen LogP contribution is 2.25. The lowest BCUT2D eigenvalue weighted by atomic mass is 10.1. The van der Waals surface area contributed by atoms with Gasteiger partial charge < -0.3 is 9.64 Å². The molecule has 0 bridgehead atoms. The van der Waals surface area contributed by atoms with Crippen molar-refractivity contribution in [3.8, 4) is 0 Å². The summed E-state index contributed by atoms with van der Waals surface area (Å²) in [5.74, 6) is -0.174. The van der Waals surface area contributed by atoms with E-state index in [1.807, 2.05) is 17.0 Å². The van der Waals surface area contributed by atoms with Crippen molar-refractivity contribution in [2.75, 3.05) is 26.2 Å². The number of ether oxygens (including phenoxy) is 1. The summed E-state index contributed by atoms with van der Waals surface area (Å²) in [5, 5.41) is 0. The largest absolute Gasteiger partial charge is 0.373 e. The summed E-state index contributed by atoms with van der Waals surface area (Å²) < 4.78 is 19.7. The molecular formula is C21H24FN3O2. The monoisotopic (exact) mass is 369 g/mol. The lowest BCUT2D eigenvalue weighted by Gasteiger charge is -2.36. The highest BCUT2D eigenvalue weighted by atomic mass is 19.1. The summed E-state index contributed by atoms with van der Waals surface area (Å²) in [7, 11) is 0. The molecule has 0 N–H and O–H groups in total. The molecular weight excluding hydrogens is 345 g/mol. The fourth-order valence-corrected chi connectivity index (χ4v) is 3.98. The first-order valence-corrected chi connectivity index (χ1v) is 9.46. The van der Waals surface area contributed by atoms with E-state index in [-0.39, 0.29) is 23.9 Å². The summed E-state index contributed by atoms with van der Waals surface area (Å²) in [6.07, 6.45) is 4.42. The third-order valence-electron chi connectivity index (χ3n) is 5.47. The first-order chi connectivity index (χ1) is 13.2. The number of rotatable bonds is 5. The van der Waals surface area contributed by atoms with Gasteiger partial charge in [0, 0.05) is 45.0 Å². The number of fused-ring (bicyclic) bond motifs is 1. The van der Waals surface area contributed by atoms with E-state index < -0.39 is 0 Å². The molecule has 1 aromatic carbocycles. The van der Waals surface area contributed by atoms with Gasteiger partial charge in [-0.2, -0.15) is 0 Å². The lowest BCUT2D eigenvalue weighted by Crippen LogP contribution is -2.50. The van der Waals surface area contributed by atoms with Crippen molar-refractivity contribution >= 4 is 5.91 Å². The number of likely N-dealkylation sites (tertiary alicyclic amines) is 1. The third-order valence-corrected chi connectivity index (χ3v) is 5.47. The number of benzene rings is 1. The minimum absolute atomic E-state index is 0.0537. The van der Waals surface area contributed by atoms with Gasteiger partial charge in [0.15, 0.2) is 0 Å². The Morgan fingerprint density at radius 1 is 1.19 bits per heavy atom. The fourth-order valence-electron chi connectivity index (χ4n) is 3.98. The molecule has 2 unspecified atom stereocenters. The van der Waals surface area contributed by atoms with Crippen molar-refractivity contribution in [1.29, 1.82) is 0 Å². The molecule has 1 amide bonds. The molecule has 0 aliphatic carbocycles. The quantitative estimate of drug-likeness (QED) is 0.811. The summed E-state index contributed by atoms with van der Waals surface area (Å²) in [4.78, 5) is 21.0. The van der Waals surface area contributed by atoms with Gasteiger partial charge in [-0.1, -0.05) is 18.2 Å². The Bertz CT molecular complexity index is 786. The number of morpholine rings is 1. The minimum atomic E-state index is -0.243. The van der Waals surface area contributed by atoms with E-state index in [0.717, 1.165) is 13.1 Å². The molecule has 2 atom stereocenters. The topological polar surface area (TPSA) is 45.7 Å². The minimum Gasteiger partial charge on any atom is -0.373 e. The van der Waals surface area contributed by atoms with E-state index in [0.29, 0.717) is 38.1 Å². The molecule has 27 heavy (non-hydrogen) atoms. The van der Waals surface area contributed by atoms with Crippen LogP contribution >= 0.6 is 0 Å². The average molecular weight is 369 g/mol. The standard InChI is InChI=1S/C21H24FN3O2/c22-18-4-2-1-3-17(18)5-6-21(26)25-14-19-20(15-25)27-12-11-24(19)13-16-7-9-23-10-8-16/h1-4,7-10,19-20H,5-6,11-15H2. The number of hydrogen-bond donors (Lipinski definition) is 0. The molecule has 0 spiro atoms. The average Bonchev–Trinajstić information content (AvgIpc) is 3.13. The van der Waals surface area contributed by atoms with Crippen LogP contribution in [0.3, 0.4) is 0 Å². The molecule has 2 saturated heterocycles. The molecule has 3 heterocycles. The zero-order chi connectivity index (χ0) is 18.6. The van der Waals surface area contributed by atoms with Gasteiger partial charge in [-0.05, 0) is 35.7 Å². The first kappa shape index (κ1) is 18.1. The van der Waals surface area contributed by atoms with Crippen molar-refractivity contribution in [3.63, 3.8) is 0 Å². The number of carbonyl (C=O) groups is 1. The highest BCUT2D eigenvalue weighted by Gasteiger charge is 2.41. The predicted octanol–water partition coefficient (Wildman–Crippen LogP) is 2.27. The van der Waals surface area contributed by atoms with Crippen molar-refractivity contribution in [2.24, 2.45) is 0 Å². The second kappa shape index (κ2) is 8.15. The van der Waals surface area contributed by atoms with E-state index in [2.05, 4.69) is 9.88 Å². The smallest absolute Gasteiger partial charge is 0.223 e. The maximum Gasteiger partial charge on any atom is 0.223 e. The molecule has 0 radical (unpaired) electrons. The van der Waals surface area contributed by atoms with Crippen LogP contribution in [-0.2, 0) is 22.5 Å². The molecule has 5 nitrogen and oxygen atoms in total. The Morgan fingerprint density at radius 2 is 2.00 bits per heavy atom. The summed E-state index contributed by atoms with van der Waals surface area (Å²) >= 11 is 0. The Morgan fingerprint density at radius 3 is 2.81 bits per heavy atom. The van der Waals surface area contributed by atoms with E-state index in [9.17, 15) is 9.18 Å². The van der Waals surface area contributed by atoms with Crippen LogP contribution in [0.2, 0.25) is 0 Å². The molecule has 142 valence electrons. The summed E-state index contributed by atoms with van der Waals surface area (Å²) in [6, 6.07) is 10.9. The van der Waals surface area contributed by atoms with E-state index in [1.54, 1.807) is 30.6 Å². The van der Waals surface area contributed by atoms with Gasteiger partial charge in [-0.15, -0.1) is 0 Å². The third kappa shape index (κ3) is 4.17. The van der Waals surface area contributed by atoms with Crippen LogP contribution in [0, 0.1) is 5.82 Å². The van der Waals surface area contributed by atoms with Crippen molar-refractivity contribution in [3.05, 3.63) is 65.7 Å². The van der Waals surface area contributed by atoms with Gasteiger partial charge in [0.2, 0.25) is 5.91 Å². The second-order valence-electron chi connectivity index (χ2n) is 7.19. The summed E-state index contributed by atoms with van der Waals surface area (Å²) in [6.45, 7) is 3.67. The summed E-state index contributed by atoms with van der Waals surface area (Å²) in [5.41, 5.74) is 1.81. The highest BCUT2D eigenvalue weighted by molar-refractivity contribution is 5.77. The van der Waals surface area contributed by atoms with Crippen molar-refractivity contribution < 1.29 is 13.9 Å². The lowest BCUT2D eigenvalue weighted by molar-refractivity contribution is -0.130. The number of carbonyl (C=O) groups excluding carboxylic acids is 1. The Labute approximate surface area is 158 Å². The van der Waals surface area contributed by atoms with Crippen LogP contribution in [0.25, 0.3) is 0 Å². The van der Waals surface area contributed by atoms with Crippen LogP contribution in [-0.4, -0.2) is 59.1 Å². The van der Waals surface area contributed by atoms with Crippen LogP contribution in [0.5, 0.6) is 0 Å². The van der Waals surface area contributed by atoms with Crippen LogP contribution in [0.4, 0.5) is 4.39 Å². The molecule has 2 aliphatic rings. The van der Waals surface area contributed by atoms with Gasteiger partial charge in [0.25, 0.3) is 0 Å². The van der Waals surface area contributed by atoms with Gasteiger partial charge in [0.1, 0.15) is 5.82 Å². The SMILES string of the molecule is O=C(CCc1ccccc1F)N1CC2OCCN(Cc3ccncc3)C2C1. The Hall–Kier alpha value is -2.31. The first-order valence-electron chi connectivity index (χ1n) is 9.46. The predicted molar refractivity (Wildman–Crippen MR) is 99.5 cm³/mol. The molecule has 6 heteroatoms. The fraction of sp³-hybridized carbons (Fsp3) is 0.429. The number of pyridine rings is 1. The second-order valence-corrected chi connectivity index (χ2v) is 7.19. The number of amides is 1. The number of hydrogen-bond acceptors (Lipinski definition) is 4. The van der Waals surface area contributed by atoms with Crippen LogP contribution < -0.4 is 0 Å². The normalized spacial score (nSPS) is 22.6. The van der Waals surface area contributed by atoms with Gasteiger partial charge in [0.05, 0.1) is 18.8 Å². The molecule has 2 aliphatic heterocycles. The van der Waals surface area contributed by atoms with Gasteiger partial charge >= 0.3 is 0 Å². The number of aryl methyl sites for hydroxylation is 1. The van der Waals surface area contributed by atoms with Crippen LogP contribution in [0.1, 0.15) is 17.5 Å². The maximum absolute atomic E-state index is 13.8. The van der Waals surface area contributed by atoms with Crippen LogP contribution in [0.15, 0.2) is 48.8 Å². The molecule has 4 rings (SSSR count). The zero-order valence-corrected chi connectivity index (χ0v) is 15.3. The zero-order valence-electron chi connectivity index (χ0n) is 15.3. The molecule has 1 aromatic heterocycles.